The van der Waals surface area contributed by atoms with E-state index in [9.17, 15) is 9.59 Å². The largest absolute Gasteiger partial charge is 0.465 e. The van der Waals surface area contributed by atoms with Crippen molar-refractivity contribution < 1.29 is 19.1 Å². The lowest BCUT2D eigenvalue weighted by Crippen LogP contribution is -2.25. The summed E-state index contributed by atoms with van der Waals surface area (Å²) < 4.78 is 10.3. The van der Waals surface area contributed by atoms with Crippen molar-refractivity contribution in [1.82, 2.24) is 0 Å². The van der Waals surface area contributed by atoms with Crippen LogP contribution in [-0.2, 0) is 20.7 Å². The third kappa shape index (κ3) is 5.50. The van der Waals surface area contributed by atoms with Crippen molar-refractivity contribution in [1.29, 1.82) is 0 Å². The molecule has 0 saturated heterocycles. The fourth-order valence-corrected chi connectivity index (χ4v) is 3.15. The number of carbonyl (C=O) groups is 2. The molecular formula is C23H28N2O4. The average Bonchev–Trinajstić information content (AvgIpc) is 3.47. The molecule has 1 saturated carbocycles. The molecule has 0 spiro atoms. The zero-order valence-electron chi connectivity index (χ0n) is 17.4. The zero-order valence-corrected chi connectivity index (χ0v) is 17.4. The summed E-state index contributed by atoms with van der Waals surface area (Å²) in [6, 6.07) is 11.2. The smallest absolute Gasteiger partial charge is 0.339 e. The summed E-state index contributed by atoms with van der Waals surface area (Å²) in [5.74, 6) is -0.200. The van der Waals surface area contributed by atoms with E-state index in [1.54, 1.807) is 12.1 Å². The molecule has 0 atom stereocenters. The van der Waals surface area contributed by atoms with Crippen LogP contribution < -0.4 is 11.1 Å². The van der Waals surface area contributed by atoms with Crippen LogP contribution in [0.15, 0.2) is 36.4 Å². The molecule has 0 amide bonds. The second-order valence-corrected chi connectivity index (χ2v) is 8.37. The lowest BCUT2D eigenvalue weighted by Gasteiger charge is -2.20. The summed E-state index contributed by atoms with van der Waals surface area (Å²) in [6.45, 7) is 5.48. The molecule has 3 rings (SSSR count). The van der Waals surface area contributed by atoms with Gasteiger partial charge in [0.15, 0.2) is 0 Å². The Hall–Kier alpha value is -3.02. The van der Waals surface area contributed by atoms with Gasteiger partial charge in [-0.1, -0.05) is 6.07 Å². The fraction of sp³-hybridized carbons (Fsp3) is 0.391. The molecule has 0 aromatic heterocycles. The highest BCUT2D eigenvalue weighted by molar-refractivity contribution is 5.97. The fourth-order valence-electron chi connectivity index (χ4n) is 3.15. The summed E-state index contributed by atoms with van der Waals surface area (Å²) >= 11 is 0. The number of ether oxygens (including phenoxy) is 2. The van der Waals surface area contributed by atoms with Crippen LogP contribution in [0.1, 0.15) is 61.0 Å². The molecule has 1 aliphatic rings. The van der Waals surface area contributed by atoms with E-state index < -0.39 is 5.60 Å². The maximum Gasteiger partial charge on any atom is 0.339 e. The molecule has 2 aromatic carbocycles. The van der Waals surface area contributed by atoms with Crippen LogP contribution in [0.3, 0.4) is 0 Å². The average molecular weight is 396 g/mol. The molecule has 1 fully saturated rings. The lowest BCUT2D eigenvalue weighted by atomic mass is 10.0. The Balaban J connectivity index is 1.83. The number of nitrogens with two attached hydrogens (primary N) is 1. The van der Waals surface area contributed by atoms with Gasteiger partial charge in [-0.3, -0.25) is 4.79 Å². The summed E-state index contributed by atoms with van der Waals surface area (Å²) in [7, 11) is 1.37. The number of rotatable bonds is 6. The molecule has 6 nitrogen and oxygen atoms in total. The maximum atomic E-state index is 12.3. The van der Waals surface area contributed by atoms with Crippen molar-refractivity contribution in [2.45, 2.75) is 51.6 Å². The summed E-state index contributed by atoms with van der Waals surface area (Å²) in [4.78, 5) is 24.5. The van der Waals surface area contributed by atoms with Crippen LogP contribution in [-0.4, -0.2) is 24.6 Å². The molecule has 0 heterocycles. The first-order chi connectivity index (χ1) is 13.7. The molecule has 0 bridgehead atoms. The van der Waals surface area contributed by atoms with Crippen molar-refractivity contribution in [3.05, 3.63) is 53.1 Å². The Labute approximate surface area is 171 Å². The van der Waals surface area contributed by atoms with E-state index in [0.29, 0.717) is 28.4 Å². The Morgan fingerprint density at radius 2 is 1.86 bits per heavy atom. The molecule has 29 heavy (non-hydrogen) atoms. The molecule has 1 aliphatic carbocycles. The standard InChI is InChI=1S/C23H28N2O4/c1-23(2,3)29-21(26)13-16-11-17(8-9-19(16)24)25-20-10-7-15(14-5-6-14)12-18(20)22(27)28-4/h7-12,14,25H,5-6,13,24H2,1-4H3. The van der Waals surface area contributed by atoms with E-state index in [1.807, 2.05) is 45.0 Å². The Bertz CT molecular complexity index is 927. The molecule has 6 heteroatoms. The van der Waals surface area contributed by atoms with Gasteiger partial charge in [-0.2, -0.15) is 0 Å². The Kier molecular flexibility index (Phi) is 5.82. The van der Waals surface area contributed by atoms with E-state index in [2.05, 4.69) is 5.32 Å². The van der Waals surface area contributed by atoms with Gasteiger partial charge in [0.1, 0.15) is 5.60 Å². The van der Waals surface area contributed by atoms with Gasteiger partial charge in [-0.05, 0) is 81.0 Å². The number of hydrogen-bond acceptors (Lipinski definition) is 6. The quantitative estimate of drug-likeness (QED) is 0.549. The highest BCUT2D eigenvalue weighted by Crippen LogP contribution is 2.41. The number of nitrogens with one attached hydrogen (secondary N) is 1. The van der Waals surface area contributed by atoms with Crippen LogP contribution in [0.4, 0.5) is 17.1 Å². The van der Waals surface area contributed by atoms with Gasteiger partial charge in [0.25, 0.3) is 0 Å². The van der Waals surface area contributed by atoms with Gasteiger partial charge in [0.05, 0.1) is 24.8 Å². The van der Waals surface area contributed by atoms with E-state index in [1.165, 1.54) is 7.11 Å². The molecule has 0 unspecified atom stereocenters. The minimum atomic E-state index is -0.555. The van der Waals surface area contributed by atoms with Crippen molar-refractivity contribution in [2.75, 3.05) is 18.2 Å². The van der Waals surface area contributed by atoms with E-state index in [4.69, 9.17) is 15.2 Å². The number of benzene rings is 2. The normalized spacial score (nSPS) is 13.7. The summed E-state index contributed by atoms with van der Waals surface area (Å²) in [5.41, 5.74) is 9.68. The van der Waals surface area contributed by atoms with Crippen LogP contribution in [0.25, 0.3) is 0 Å². The highest BCUT2D eigenvalue weighted by Gasteiger charge is 2.25. The van der Waals surface area contributed by atoms with Gasteiger partial charge in [0, 0.05) is 11.4 Å². The minimum absolute atomic E-state index is 0.0725. The van der Waals surface area contributed by atoms with Gasteiger partial charge < -0.3 is 20.5 Å². The number of methoxy groups -OCH3 is 1. The maximum absolute atomic E-state index is 12.3. The van der Waals surface area contributed by atoms with Gasteiger partial charge in [-0.25, -0.2) is 4.79 Å². The monoisotopic (exact) mass is 396 g/mol. The third-order valence-corrected chi connectivity index (χ3v) is 4.67. The second kappa shape index (κ2) is 8.15. The molecule has 2 aromatic rings. The van der Waals surface area contributed by atoms with E-state index in [-0.39, 0.29) is 18.4 Å². The molecule has 3 N–H and O–H groups in total. The van der Waals surface area contributed by atoms with Crippen LogP contribution >= 0.6 is 0 Å². The molecule has 0 radical (unpaired) electrons. The van der Waals surface area contributed by atoms with Gasteiger partial charge in [-0.15, -0.1) is 0 Å². The predicted octanol–water partition coefficient (Wildman–Crippen LogP) is 4.56. The Morgan fingerprint density at radius 3 is 2.48 bits per heavy atom. The summed E-state index contributed by atoms with van der Waals surface area (Å²) in [6.07, 6.45) is 2.38. The van der Waals surface area contributed by atoms with Crippen molar-refractivity contribution in [2.24, 2.45) is 0 Å². The van der Waals surface area contributed by atoms with Crippen LogP contribution in [0, 0.1) is 0 Å². The SMILES string of the molecule is COC(=O)c1cc(C2CC2)ccc1Nc1ccc(N)c(CC(=O)OC(C)(C)C)c1. The van der Waals surface area contributed by atoms with Crippen LogP contribution in [0.2, 0.25) is 0 Å². The highest BCUT2D eigenvalue weighted by atomic mass is 16.6. The summed E-state index contributed by atoms with van der Waals surface area (Å²) in [5, 5.41) is 3.25. The van der Waals surface area contributed by atoms with Crippen molar-refractivity contribution in [3.8, 4) is 0 Å². The Morgan fingerprint density at radius 1 is 1.14 bits per heavy atom. The number of hydrogen-bond donors (Lipinski definition) is 2. The number of carbonyl (C=O) groups excluding carboxylic acids is 2. The van der Waals surface area contributed by atoms with Crippen molar-refractivity contribution in [3.63, 3.8) is 0 Å². The van der Waals surface area contributed by atoms with E-state index >= 15 is 0 Å². The van der Waals surface area contributed by atoms with E-state index in [0.717, 1.165) is 24.1 Å². The lowest BCUT2D eigenvalue weighted by molar-refractivity contribution is -0.153. The first kappa shape index (κ1) is 20.7. The number of nitrogen functional groups attached to an aromatic ring is 1. The first-order valence-electron chi connectivity index (χ1n) is 9.76. The van der Waals surface area contributed by atoms with Gasteiger partial charge in [0.2, 0.25) is 0 Å². The minimum Gasteiger partial charge on any atom is -0.465 e. The molecule has 0 aliphatic heterocycles. The predicted molar refractivity (Wildman–Crippen MR) is 113 cm³/mol. The number of anilines is 3. The first-order valence-corrected chi connectivity index (χ1v) is 9.76. The molecule has 154 valence electrons. The third-order valence-electron chi connectivity index (χ3n) is 4.67. The van der Waals surface area contributed by atoms with Crippen molar-refractivity contribution >= 4 is 29.0 Å². The van der Waals surface area contributed by atoms with Crippen LogP contribution in [0.5, 0.6) is 0 Å². The zero-order chi connectivity index (χ0) is 21.2. The molecular weight excluding hydrogens is 368 g/mol. The van der Waals surface area contributed by atoms with Gasteiger partial charge >= 0.3 is 11.9 Å². The topological polar surface area (TPSA) is 90.6 Å². The number of esters is 2. The second-order valence-electron chi connectivity index (χ2n) is 8.37.